The molecule has 0 bridgehead atoms. The maximum atomic E-state index is 9.87. The van der Waals surface area contributed by atoms with Gasteiger partial charge in [0.1, 0.15) is 0 Å². The fourth-order valence-corrected chi connectivity index (χ4v) is 1.39. The van der Waals surface area contributed by atoms with Gasteiger partial charge in [-0.2, -0.15) is 0 Å². The van der Waals surface area contributed by atoms with Gasteiger partial charge in [0.15, 0.2) is 5.37 Å². The quantitative estimate of drug-likeness (QED) is 0.504. The summed E-state index contributed by atoms with van der Waals surface area (Å²) in [6.07, 6.45) is 0.0116. The van der Waals surface area contributed by atoms with Crippen molar-refractivity contribution in [1.29, 1.82) is 0 Å². The SMILES string of the molecule is CC1OCSC1N=O. The first kappa shape index (κ1) is 6.04. The van der Waals surface area contributed by atoms with Crippen molar-refractivity contribution in [2.75, 3.05) is 5.94 Å². The highest BCUT2D eigenvalue weighted by molar-refractivity contribution is 8.00. The van der Waals surface area contributed by atoms with Crippen LogP contribution < -0.4 is 0 Å². The Kier molecular flexibility index (Phi) is 1.85. The summed E-state index contributed by atoms with van der Waals surface area (Å²) in [5, 5.41) is 2.69. The molecule has 1 aliphatic rings. The Morgan fingerprint density at radius 2 is 2.62 bits per heavy atom. The van der Waals surface area contributed by atoms with Crippen LogP contribution in [0.15, 0.2) is 5.18 Å². The van der Waals surface area contributed by atoms with Crippen LogP contribution in [0.25, 0.3) is 0 Å². The number of nitrogens with zero attached hydrogens (tertiary/aromatic N) is 1. The second-order valence-corrected chi connectivity index (χ2v) is 2.70. The van der Waals surface area contributed by atoms with Crippen LogP contribution in [0.4, 0.5) is 0 Å². The summed E-state index contributed by atoms with van der Waals surface area (Å²) in [5.41, 5.74) is 0. The van der Waals surface area contributed by atoms with Crippen LogP contribution in [0, 0.1) is 4.91 Å². The predicted octanol–water partition coefficient (Wildman–Crippen LogP) is 1.19. The van der Waals surface area contributed by atoms with Crippen LogP contribution in [0.5, 0.6) is 0 Å². The van der Waals surface area contributed by atoms with E-state index in [0.29, 0.717) is 5.94 Å². The van der Waals surface area contributed by atoms with Gasteiger partial charge in [-0.25, -0.2) is 0 Å². The van der Waals surface area contributed by atoms with E-state index in [-0.39, 0.29) is 11.5 Å². The van der Waals surface area contributed by atoms with E-state index in [1.807, 2.05) is 6.92 Å². The highest BCUT2D eigenvalue weighted by Crippen LogP contribution is 2.25. The molecule has 0 aromatic heterocycles. The monoisotopic (exact) mass is 133 g/mol. The first-order valence-electron chi connectivity index (χ1n) is 2.40. The number of rotatable bonds is 1. The number of thioether (sulfide) groups is 1. The summed E-state index contributed by atoms with van der Waals surface area (Å²) in [5.74, 6) is 0.609. The lowest BCUT2D eigenvalue weighted by atomic mass is 10.4. The topological polar surface area (TPSA) is 38.7 Å². The first-order valence-corrected chi connectivity index (χ1v) is 3.45. The molecule has 0 aromatic carbocycles. The van der Waals surface area contributed by atoms with E-state index in [1.54, 1.807) is 0 Å². The predicted molar refractivity (Wildman–Crippen MR) is 32.6 cm³/mol. The fourth-order valence-electron chi connectivity index (χ4n) is 0.550. The van der Waals surface area contributed by atoms with Crippen molar-refractivity contribution in [2.24, 2.45) is 5.18 Å². The molecule has 2 unspecified atom stereocenters. The first-order chi connectivity index (χ1) is 3.84. The molecular weight excluding hydrogens is 126 g/mol. The van der Waals surface area contributed by atoms with Gasteiger partial charge in [0.05, 0.1) is 12.0 Å². The van der Waals surface area contributed by atoms with Gasteiger partial charge in [0.2, 0.25) is 0 Å². The minimum Gasteiger partial charge on any atom is -0.365 e. The molecule has 46 valence electrons. The van der Waals surface area contributed by atoms with E-state index in [0.717, 1.165) is 0 Å². The maximum Gasteiger partial charge on any atom is 0.165 e. The number of ether oxygens (including phenoxy) is 1. The van der Waals surface area contributed by atoms with Crippen molar-refractivity contribution in [3.63, 3.8) is 0 Å². The van der Waals surface area contributed by atoms with E-state index in [1.165, 1.54) is 11.8 Å². The zero-order valence-electron chi connectivity index (χ0n) is 4.53. The van der Waals surface area contributed by atoms with E-state index in [4.69, 9.17) is 4.74 Å². The third kappa shape index (κ3) is 1.00. The lowest BCUT2D eigenvalue weighted by Crippen LogP contribution is -2.11. The lowest BCUT2D eigenvalue weighted by Gasteiger charge is -2.00. The summed E-state index contributed by atoms with van der Waals surface area (Å²) in [4.78, 5) is 9.87. The van der Waals surface area contributed by atoms with Gasteiger partial charge in [-0.15, -0.1) is 16.7 Å². The summed E-state index contributed by atoms with van der Waals surface area (Å²) in [6.45, 7) is 1.85. The zero-order chi connectivity index (χ0) is 5.98. The van der Waals surface area contributed by atoms with Crippen LogP contribution in [-0.4, -0.2) is 17.4 Å². The zero-order valence-corrected chi connectivity index (χ0v) is 5.35. The Balaban J connectivity index is 2.41. The molecule has 0 aromatic rings. The van der Waals surface area contributed by atoms with E-state index >= 15 is 0 Å². The molecule has 1 aliphatic heterocycles. The number of hydrogen-bond donors (Lipinski definition) is 0. The third-order valence-electron chi connectivity index (χ3n) is 1.08. The van der Waals surface area contributed by atoms with Gasteiger partial charge in [-0.05, 0) is 6.92 Å². The molecule has 0 amide bonds. The molecule has 0 N–H and O–H groups in total. The van der Waals surface area contributed by atoms with E-state index < -0.39 is 0 Å². The van der Waals surface area contributed by atoms with Crippen LogP contribution in [-0.2, 0) is 4.74 Å². The van der Waals surface area contributed by atoms with Gasteiger partial charge < -0.3 is 4.74 Å². The Morgan fingerprint density at radius 3 is 2.88 bits per heavy atom. The van der Waals surface area contributed by atoms with Crippen LogP contribution in [0.3, 0.4) is 0 Å². The van der Waals surface area contributed by atoms with Crippen molar-refractivity contribution in [2.45, 2.75) is 18.4 Å². The molecule has 1 rings (SSSR count). The highest BCUT2D eigenvalue weighted by atomic mass is 32.2. The molecule has 1 fully saturated rings. The van der Waals surface area contributed by atoms with Gasteiger partial charge >= 0.3 is 0 Å². The molecule has 4 heteroatoms. The molecule has 1 heterocycles. The summed E-state index contributed by atoms with van der Waals surface area (Å²) in [6, 6.07) is 0. The Hall–Kier alpha value is -0.0900. The average Bonchev–Trinajstić information content (AvgIpc) is 2.14. The minimum absolute atomic E-state index is 0.0116. The summed E-state index contributed by atoms with van der Waals surface area (Å²) in [7, 11) is 0. The standard InChI is InChI=1S/C4H7NO2S/c1-3-4(5-6)8-2-7-3/h3-4H,2H2,1H3. The molecular formula is C4H7NO2S. The molecule has 0 aliphatic carbocycles. The van der Waals surface area contributed by atoms with Gasteiger partial charge in [0, 0.05) is 0 Å². The smallest absolute Gasteiger partial charge is 0.165 e. The largest absolute Gasteiger partial charge is 0.365 e. The van der Waals surface area contributed by atoms with Crippen molar-refractivity contribution >= 4 is 11.8 Å². The van der Waals surface area contributed by atoms with E-state index in [2.05, 4.69) is 5.18 Å². The lowest BCUT2D eigenvalue weighted by molar-refractivity contribution is 0.123. The van der Waals surface area contributed by atoms with Crippen LogP contribution in [0.1, 0.15) is 6.92 Å². The number of nitroso groups, excluding NO2 is 1. The van der Waals surface area contributed by atoms with Gasteiger partial charge in [0.25, 0.3) is 0 Å². The highest BCUT2D eigenvalue weighted by Gasteiger charge is 2.25. The Bertz CT molecular complexity index is 98.0. The second kappa shape index (κ2) is 2.46. The van der Waals surface area contributed by atoms with Gasteiger partial charge in [-0.3, -0.25) is 0 Å². The molecule has 3 nitrogen and oxygen atoms in total. The Morgan fingerprint density at radius 1 is 1.88 bits per heavy atom. The van der Waals surface area contributed by atoms with Crippen molar-refractivity contribution < 1.29 is 4.74 Å². The van der Waals surface area contributed by atoms with Crippen molar-refractivity contribution in [3.05, 3.63) is 4.91 Å². The fraction of sp³-hybridized carbons (Fsp3) is 1.00. The number of hydrogen-bond acceptors (Lipinski definition) is 4. The molecule has 2 atom stereocenters. The average molecular weight is 133 g/mol. The molecule has 0 saturated carbocycles. The molecule has 1 saturated heterocycles. The molecule has 8 heavy (non-hydrogen) atoms. The molecule has 0 spiro atoms. The maximum absolute atomic E-state index is 9.87. The van der Waals surface area contributed by atoms with Crippen LogP contribution in [0.2, 0.25) is 0 Å². The van der Waals surface area contributed by atoms with E-state index in [9.17, 15) is 4.91 Å². The van der Waals surface area contributed by atoms with Crippen molar-refractivity contribution in [3.8, 4) is 0 Å². The second-order valence-electron chi connectivity index (χ2n) is 1.65. The summed E-state index contributed by atoms with van der Waals surface area (Å²) >= 11 is 1.45. The Labute approximate surface area is 51.8 Å². The normalized spacial score (nSPS) is 37.6. The third-order valence-corrected chi connectivity index (χ3v) is 2.16. The summed E-state index contributed by atoms with van der Waals surface area (Å²) < 4.78 is 5.03. The van der Waals surface area contributed by atoms with Gasteiger partial charge in [-0.1, -0.05) is 5.18 Å². The van der Waals surface area contributed by atoms with Crippen LogP contribution >= 0.6 is 11.8 Å². The minimum atomic E-state index is -0.171. The molecule has 0 radical (unpaired) electrons. The van der Waals surface area contributed by atoms with Crippen molar-refractivity contribution in [1.82, 2.24) is 0 Å².